The largest absolute Gasteiger partial charge is 0.305 e. The third kappa shape index (κ3) is 4.81. The van der Waals surface area contributed by atoms with E-state index < -0.39 is 6.04 Å². The van der Waals surface area contributed by atoms with Gasteiger partial charge in [0.05, 0.1) is 11.9 Å². The number of benzene rings is 1. The van der Waals surface area contributed by atoms with E-state index in [0.717, 1.165) is 23.2 Å². The number of rotatable bonds is 7. The van der Waals surface area contributed by atoms with Gasteiger partial charge in [-0.3, -0.25) is 9.48 Å². The fraction of sp³-hybridized carbons (Fsp3) is 0.350. The number of carbonyl (C=O) groups excluding carboxylic acids is 1. The molecule has 1 amide bonds. The van der Waals surface area contributed by atoms with Crippen molar-refractivity contribution in [3.8, 4) is 11.3 Å². The first-order chi connectivity index (χ1) is 13.0. The molecule has 0 spiro atoms. The van der Waals surface area contributed by atoms with Crippen molar-refractivity contribution in [3.05, 3.63) is 53.2 Å². The van der Waals surface area contributed by atoms with Crippen LogP contribution >= 0.6 is 11.3 Å². The van der Waals surface area contributed by atoms with Crippen LogP contribution < -0.4 is 10.6 Å². The van der Waals surface area contributed by atoms with Gasteiger partial charge in [0.25, 0.3) is 0 Å². The van der Waals surface area contributed by atoms with Crippen LogP contribution in [0.5, 0.6) is 0 Å². The summed E-state index contributed by atoms with van der Waals surface area (Å²) in [5.74, 6) is 0.482. The Balaban J connectivity index is 1.69. The number of likely N-dealkylation sites (N-methyl/N-ethyl adjacent to an activating group) is 1. The van der Waals surface area contributed by atoms with Gasteiger partial charge in [0.1, 0.15) is 6.04 Å². The summed E-state index contributed by atoms with van der Waals surface area (Å²) in [5, 5.41) is 12.6. The predicted molar refractivity (Wildman–Crippen MR) is 110 cm³/mol. The Kier molecular flexibility index (Phi) is 6.03. The van der Waals surface area contributed by atoms with Crippen LogP contribution in [0, 0.1) is 5.92 Å². The summed E-state index contributed by atoms with van der Waals surface area (Å²) in [4.78, 5) is 17.2. The number of amides is 1. The molecule has 3 rings (SSSR count). The molecule has 0 bridgehead atoms. The van der Waals surface area contributed by atoms with Crippen LogP contribution in [0.2, 0.25) is 0 Å². The quantitative estimate of drug-likeness (QED) is 0.653. The van der Waals surface area contributed by atoms with Crippen LogP contribution in [0.3, 0.4) is 0 Å². The maximum Gasteiger partial charge on any atom is 0.247 e. The molecule has 7 heteroatoms. The van der Waals surface area contributed by atoms with Crippen molar-refractivity contribution in [2.45, 2.75) is 26.3 Å². The Morgan fingerprint density at radius 1 is 1.26 bits per heavy atom. The molecule has 0 fully saturated rings. The number of aryl methyl sites for hydroxylation is 1. The number of aromatic nitrogens is 3. The third-order valence-corrected chi connectivity index (χ3v) is 4.99. The van der Waals surface area contributed by atoms with Crippen molar-refractivity contribution in [2.24, 2.45) is 13.0 Å². The summed E-state index contributed by atoms with van der Waals surface area (Å²) >= 11 is 1.42. The first-order valence-electron chi connectivity index (χ1n) is 8.97. The van der Waals surface area contributed by atoms with Crippen LogP contribution in [0.15, 0.2) is 42.0 Å². The number of hydrogen-bond donors (Lipinski definition) is 2. The Morgan fingerprint density at radius 3 is 2.59 bits per heavy atom. The van der Waals surface area contributed by atoms with E-state index in [1.54, 1.807) is 17.9 Å². The molecule has 0 aliphatic carbocycles. The van der Waals surface area contributed by atoms with Gasteiger partial charge >= 0.3 is 0 Å². The van der Waals surface area contributed by atoms with E-state index in [0.29, 0.717) is 11.0 Å². The summed E-state index contributed by atoms with van der Waals surface area (Å²) in [6, 6.07) is 7.99. The van der Waals surface area contributed by atoms with Gasteiger partial charge in [-0.25, -0.2) is 4.98 Å². The summed E-state index contributed by atoms with van der Waals surface area (Å²) in [5.41, 5.74) is 4.06. The normalized spacial score (nSPS) is 12.3. The zero-order valence-corrected chi connectivity index (χ0v) is 16.9. The Bertz CT molecular complexity index is 897. The lowest BCUT2D eigenvalue weighted by atomic mass is 10.0. The third-order valence-electron chi connectivity index (χ3n) is 4.24. The van der Waals surface area contributed by atoms with E-state index in [1.807, 2.05) is 18.6 Å². The van der Waals surface area contributed by atoms with E-state index in [4.69, 9.17) is 0 Å². The topological polar surface area (TPSA) is 71.8 Å². The average Bonchev–Trinajstić information content (AvgIpc) is 3.25. The zero-order chi connectivity index (χ0) is 19.4. The zero-order valence-electron chi connectivity index (χ0n) is 16.1. The molecule has 142 valence electrons. The average molecular weight is 384 g/mol. The Labute approximate surface area is 163 Å². The molecule has 0 aliphatic heterocycles. The molecule has 6 nitrogen and oxygen atoms in total. The highest BCUT2D eigenvalue weighted by molar-refractivity contribution is 7.14. The van der Waals surface area contributed by atoms with Crippen molar-refractivity contribution in [1.29, 1.82) is 0 Å². The van der Waals surface area contributed by atoms with E-state index in [-0.39, 0.29) is 5.91 Å². The number of anilines is 1. The summed E-state index contributed by atoms with van der Waals surface area (Å²) < 4.78 is 1.68. The molecule has 2 N–H and O–H groups in total. The van der Waals surface area contributed by atoms with Gasteiger partial charge in [-0.2, -0.15) is 5.10 Å². The minimum atomic E-state index is -0.471. The fourth-order valence-electron chi connectivity index (χ4n) is 2.96. The summed E-state index contributed by atoms with van der Waals surface area (Å²) in [6.07, 6.45) is 4.58. The lowest BCUT2D eigenvalue weighted by molar-refractivity contribution is -0.118. The number of nitrogens with one attached hydrogen (secondary N) is 2. The van der Waals surface area contributed by atoms with E-state index in [1.165, 1.54) is 16.9 Å². The lowest BCUT2D eigenvalue weighted by Crippen LogP contribution is -2.30. The molecule has 0 saturated heterocycles. The van der Waals surface area contributed by atoms with Crippen LogP contribution in [-0.2, 0) is 18.3 Å². The van der Waals surface area contributed by atoms with Crippen molar-refractivity contribution in [2.75, 3.05) is 12.4 Å². The highest BCUT2D eigenvalue weighted by Crippen LogP contribution is 2.26. The molecule has 0 radical (unpaired) electrons. The molecule has 1 unspecified atom stereocenters. The van der Waals surface area contributed by atoms with Crippen molar-refractivity contribution >= 4 is 22.4 Å². The maximum atomic E-state index is 12.6. The number of hydrogen-bond acceptors (Lipinski definition) is 5. The Morgan fingerprint density at radius 2 is 2.00 bits per heavy atom. The first kappa shape index (κ1) is 19.3. The van der Waals surface area contributed by atoms with Crippen molar-refractivity contribution in [3.63, 3.8) is 0 Å². The second kappa shape index (κ2) is 8.45. The minimum absolute atomic E-state index is 0.154. The van der Waals surface area contributed by atoms with Crippen molar-refractivity contribution in [1.82, 2.24) is 20.1 Å². The van der Waals surface area contributed by atoms with Crippen molar-refractivity contribution < 1.29 is 4.79 Å². The van der Waals surface area contributed by atoms with Gasteiger partial charge in [0.15, 0.2) is 5.13 Å². The second-order valence-electron chi connectivity index (χ2n) is 6.99. The fourth-order valence-corrected chi connectivity index (χ4v) is 3.69. The van der Waals surface area contributed by atoms with Gasteiger partial charge in [-0.15, -0.1) is 11.3 Å². The molecule has 0 aliphatic rings. The van der Waals surface area contributed by atoms with Crippen LogP contribution in [0.1, 0.15) is 31.0 Å². The van der Waals surface area contributed by atoms with Crippen LogP contribution in [0.25, 0.3) is 11.3 Å². The molecule has 0 saturated carbocycles. The molecule has 2 heterocycles. The van der Waals surface area contributed by atoms with Gasteiger partial charge in [-0.1, -0.05) is 38.1 Å². The molecular weight excluding hydrogens is 358 g/mol. The van der Waals surface area contributed by atoms with Gasteiger partial charge in [-0.05, 0) is 24.9 Å². The molecule has 1 atom stereocenters. The second-order valence-corrected chi connectivity index (χ2v) is 7.85. The number of nitrogens with zero attached hydrogens (tertiary/aromatic N) is 3. The van der Waals surface area contributed by atoms with Crippen LogP contribution in [0.4, 0.5) is 5.13 Å². The molecule has 2 aromatic heterocycles. The standard InChI is InChI=1S/C20H25N5OS/c1-13(2)9-14-5-7-15(8-6-14)17-12-27-20(23-17)24-19(26)18(21-3)16-10-22-25(4)11-16/h5-8,10-13,18,21H,9H2,1-4H3,(H,23,24,26). The van der Waals surface area contributed by atoms with E-state index in [2.05, 4.69) is 58.8 Å². The van der Waals surface area contributed by atoms with E-state index in [9.17, 15) is 4.79 Å². The highest BCUT2D eigenvalue weighted by atomic mass is 32.1. The number of carbonyl (C=O) groups is 1. The number of thiazole rings is 1. The first-order valence-corrected chi connectivity index (χ1v) is 9.85. The van der Waals surface area contributed by atoms with Gasteiger partial charge in [0, 0.05) is 29.8 Å². The summed E-state index contributed by atoms with van der Waals surface area (Å²) in [6.45, 7) is 4.43. The lowest BCUT2D eigenvalue weighted by Gasteiger charge is -2.13. The Hall–Kier alpha value is -2.51. The maximum absolute atomic E-state index is 12.6. The summed E-state index contributed by atoms with van der Waals surface area (Å²) in [7, 11) is 3.58. The molecule has 27 heavy (non-hydrogen) atoms. The van der Waals surface area contributed by atoms with Gasteiger partial charge < -0.3 is 10.6 Å². The SMILES string of the molecule is CNC(C(=O)Nc1nc(-c2ccc(CC(C)C)cc2)cs1)c1cnn(C)c1. The van der Waals surface area contributed by atoms with Crippen LogP contribution in [-0.4, -0.2) is 27.7 Å². The van der Waals surface area contributed by atoms with E-state index >= 15 is 0 Å². The molecular formula is C20H25N5OS. The molecule has 1 aromatic carbocycles. The smallest absolute Gasteiger partial charge is 0.247 e. The van der Waals surface area contributed by atoms with Gasteiger partial charge in [0.2, 0.25) is 5.91 Å². The minimum Gasteiger partial charge on any atom is -0.305 e. The monoisotopic (exact) mass is 383 g/mol. The molecule has 3 aromatic rings. The highest BCUT2D eigenvalue weighted by Gasteiger charge is 2.21. The predicted octanol–water partition coefficient (Wildman–Crippen LogP) is 3.64.